The molecule has 1 nitrogen and oxygen atoms in total. The van der Waals surface area contributed by atoms with Crippen molar-refractivity contribution in [2.45, 2.75) is 44.6 Å². The third-order valence-corrected chi connectivity index (χ3v) is 3.29. The fraction of sp³-hybridized carbons (Fsp3) is 1.00. The fourth-order valence-electron chi connectivity index (χ4n) is 2.66. The summed E-state index contributed by atoms with van der Waals surface area (Å²) in [6, 6.07) is 0.734. The van der Waals surface area contributed by atoms with E-state index in [0.29, 0.717) is 0 Å². The Bertz CT molecular complexity index is 136. The van der Waals surface area contributed by atoms with Gasteiger partial charge in [0.05, 0.1) is 0 Å². The van der Waals surface area contributed by atoms with Crippen LogP contribution in [0.15, 0.2) is 0 Å². The molecule has 0 aromatic heterocycles. The zero-order valence-electron chi connectivity index (χ0n) is 7.13. The highest BCUT2D eigenvalue weighted by Crippen LogP contribution is 2.33. The monoisotopic (exact) mass is 149 g/mol. The molecule has 0 spiro atoms. The van der Waals surface area contributed by atoms with Crippen molar-refractivity contribution < 1.29 is 0 Å². The van der Waals surface area contributed by atoms with Crippen molar-refractivity contribution in [2.24, 2.45) is 5.92 Å². The number of hydrogen-bond acceptors (Lipinski definition) is 1. The predicted molar refractivity (Wildman–Crippen MR) is 47.4 cm³/mol. The first-order valence-electron chi connectivity index (χ1n) is 4.89. The van der Waals surface area contributed by atoms with Crippen molar-refractivity contribution >= 4 is 7.98 Å². The largest absolute Gasteiger partial charge is 0.351 e. The predicted octanol–water partition coefficient (Wildman–Crippen LogP) is 1.72. The lowest BCUT2D eigenvalue weighted by molar-refractivity contribution is 0.132. The Labute approximate surface area is 70.6 Å². The lowest BCUT2D eigenvalue weighted by Gasteiger charge is -2.42. The molecule has 0 amide bonds. The molecular formula is C9H16BN. The SMILES string of the molecule is [B]N1CCCC2CCCCC21. The maximum atomic E-state index is 5.92. The van der Waals surface area contributed by atoms with Crippen molar-refractivity contribution in [1.29, 1.82) is 0 Å². The molecule has 2 fully saturated rings. The molecule has 60 valence electrons. The van der Waals surface area contributed by atoms with Gasteiger partial charge in [0, 0.05) is 6.04 Å². The number of nitrogens with zero attached hydrogens (tertiary/aromatic N) is 1. The summed E-state index contributed by atoms with van der Waals surface area (Å²) in [6.07, 6.45) is 8.36. The van der Waals surface area contributed by atoms with Crippen molar-refractivity contribution in [2.75, 3.05) is 6.54 Å². The van der Waals surface area contributed by atoms with E-state index < -0.39 is 0 Å². The standard InChI is InChI=1S/C9H16BN/c10-11-7-3-5-8-4-1-2-6-9(8)11/h8-9H,1-7H2. The summed E-state index contributed by atoms with van der Waals surface area (Å²) in [6.45, 7) is 1.13. The van der Waals surface area contributed by atoms with Crippen LogP contribution in [0.3, 0.4) is 0 Å². The molecule has 2 heteroatoms. The third-order valence-electron chi connectivity index (χ3n) is 3.29. The van der Waals surface area contributed by atoms with Crippen LogP contribution in [0, 0.1) is 5.92 Å². The minimum absolute atomic E-state index is 0.734. The van der Waals surface area contributed by atoms with Gasteiger partial charge in [-0.3, -0.25) is 0 Å². The number of rotatable bonds is 0. The second kappa shape index (κ2) is 3.18. The average Bonchev–Trinajstić information content (AvgIpc) is 2.06. The molecule has 2 rings (SSSR count). The van der Waals surface area contributed by atoms with Crippen LogP contribution < -0.4 is 0 Å². The molecule has 1 aliphatic heterocycles. The van der Waals surface area contributed by atoms with Gasteiger partial charge in [-0.2, -0.15) is 0 Å². The van der Waals surface area contributed by atoms with Gasteiger partial charge in [0.25, 0.3) is 0 Å². The molecule has 0 N–H and O–H groups in total. The molecule has 2 radical (unpaired) electrons. The van der Waals surface area contributed by atoms with Crippen LogP contribution >= 0.6 is 0 Å². The first-order chi connectivity index (χ1) is 5.38. The maximum absolute atomic E-state index is 5.92. The van der Waals surface area contributed by atoms with Gasteiger partial charge in [0.15, 0.2) is 7.98 Å². The summed E-state index contributed by atoms with van der Waals surface area (Å²) in [7, 11) is 5.92. The van der Waals surface area contributed by atoms with Gasteiger partial charge in [0.1, 0.15) is 0 Å². The maximum Gasteiger partial charge on any atom is 0.182 e. The topological polar surface area (TPSA) is 3.24 Å². The summed E-state index contributed by atoms with van der Waals surface area (Å²) in [5.74, 6) is 0.933. The second-order valence-electron chi connectivity index (χ2n) is 3.99. The van der Waals surface area contributed by atoms with Gasteiger partial charge >= 0.3 is 0 Å². The van der Waals surface area contributed by atoms with Gasteiger partial charge in [-0.1, -0.05) is 12.8 Å². The lowest BCUT2D eigenvalue weighted by Crippen LogP contribution is -2.45. The van der Waals surface area contributed by atoms with Crippen LogP contribution in [-0.4, -0.2) is 25.4 Å². The fourth-order valence-corrected chi connectivity index (χ4v) is 2.66. The van der Waals surface area contributed by atoms with Crippen LogP contribution in [-0.2, 0) is 0 Å². The van der Waals surface area contributed by atoms with Crippen LogP contribution in [0.5, 0.6) is 0 Å². The smallest absolute Gasteiger partial charge is 0.182 e. The zero-order chi connectivity index (χ0) is 7.68. The highest BCUT2D eigenvalue weighted by atomic mass is 15.1. The first kappa shape index (κ1) is 7.66. The first-order valence-corrected chi connectivity index (χ1v) is 4.89. The second-order valence-corrected chi connectivity index (χ2v) is 3.99. The lowest BCUT2D eigenvalue weighted by atomic mass is 9.77. The summed E-state index contributed by atoms with van der Waals surface area (Å²) in [5, 5.41) is 0. The summed E-state index contributed by atoms with van der Waals surface area (Å²) >= 11 is 0. The van der Waals surface area contributed by atoms with E-state index in [1.54, 1.807) is 0 Å². The van der Waals surface area contributed by atoms with Crippen molar-refractivity contribution in [3.63, 3.8) is 0 Å². The molecular weight excluding hydrogens is 133 g/mol. The molecule has 11 heavy (non-hydrogen) atoms. The van der Waals surface area contributed by atoms with Gasteiger partial charge in [0.2, 0.25) is 0 Å². The normalized spacial score (nSPS) is 40.0. The molecule has 0 aromatic carbocycles. The minimum atomic E-state index is 0.734. The van der Waals surface area contributed by atoms with Crippen molar-refractivity contribution in [3.8, 4) is 0 Å². The Hall–Kier alpha value is 0.0249. The van der Waals surface area contributed by atoms with Gasteiger partial charge in [-0.05, 0) is 38.1 Å². The zero-order valence-corrected chi connectivity index (χ0v) is 7.13. The van der Waals surface area contributed by atoms with E-state index in [1.165, 1.54) is 38.5 Å². The molecule has 2 unspecified atom stereocenters. The molecule has 0 aromatic rings. The molecule has 2 atom stereocenters. The Balaban J connectivity index is 1.99. The molecule has 2 aliphatic rings. The summed E-state index contributed by atoms with van der Waals surface area (Å²) in [5.41, 5.74) is 0. The molecule has 1 saturated heterocycles. The highest BCUT2D eigenvalue weighted by Gasteiger charge is 2.30. The quantitative estimate of drug-likeness (QED) is 0.474. The van der Waals surface area contributed by atoms with Crippen molar-refractivity contribution in [1.82, 2.24) is 4.81 Å². The van der Waals surface area contributed by atoms with E-state index in [9.17, 15) is 0 Å². The number of hydrogen-bond donors (Lipinski definition) is 0. The van der Waals surface area contributed by atoms with Crippen molar-refractivity contribution in [3.05, 3.63) is 0 Å². The molecule has 1 aliphatic carbocycles. The van der Waals surface area contributed by atoms with E-state index in [4.69, 9.17) is 7.98 Å². The summed E-state index contributed by atoms with van der Waals surface area (Å²) in [4.78, 5) is 2.09. The molecule has 1 saturated carbocycles. The number of piperidine rings is 1. The van der Waals surface area contributed by atoms with Crippen LogP contribution in [0.4, 0.5) is 0 Å². The Kier molecular flexibility index (Phi) is 2.21. The number of fused-ring (bicyclic) bond motifs is 1. The Morgan fingerprint density at radius 3 is 2.55 bits per heavy atom. The van der Waals surface area contributed by atoms with E-state index >= 15 is 0 Å². The molecule has 0 bridgehead atoms. The van der Waals surface area contributed by atoms with E-state index in [1.807, 2.05) is 0 Å². The van der Waals surface area contributed by atoms with Gasteiger partial charge in [-0.25, -0.2) is 0 Å². The van der Waals surface area contributed by atoms with Gasteiger partial charge in [-0.15, -0.1) is 0 Å². The van der Waals surface area contributed by atoms with Crippen LogP contribution in [0.2, 0.25) is 0 Å². The Morgan fingerprint density at radius 1 is 1.00 bits per heavy atom. The van der Waals surface area contributed by atoms with E-state index in [0.717, 1.165) is 18.5 Å². The van der Waals surface area contributed by atoms with Crippen LogP contribution in [0.25, 0.3) is 0 Å². The van der Waals surface area contributed by atoms with Gasteiger partial charge < -0.3 is 4.81 Å². The Morgan fingerprint density at radius 2 is 1.73 bits per heavy atom. The van der Waals surface area contributed by atoms with E-state index in [-0.39, 0.29) is 0 Å². The highest BCUT2D eigenvalue weighted by molar-refractivity contribution is 6.04. The van der Waals surface area contributed by atoms with E-state index in [2.05, 4.69) is 4.81 Å². The van der Waals surface area contributed by atoms with Crippen LogP contribution in [0.1, 0.15) is 38.5 Å². The average molecular weight is 149 g/mol. The molecule has 1 heterocycles. The third kappa shape index (κ3) is 1.46. The summed E-state index contributed by atoms with van der Waals surface area (Å²) < 4.78 is 0. The minimum Gasteiger partial charge on any atom is -0.351 e.